The molecule has 2 heterocycles. The summed E-state index contributed by atoms with van der Waals surface area (Å²) in [5, 5.41) is 7.17. The molecule has 2 atom stereocenters. The first-order chi connectivity index (χ1) is 8.24. The van der Waals surface area contributed by atoms with Crippen LogP contribution >= 0.6 is 0 Å². The van der Waals surface area contributed by atoms with E-state index in [0.29, 0.717) is 11.9 Å². The zero-order chi connectivity index (χ0) is 12.3. The third-order valence-electron chi connectivity index (χ3n) is 3.61. The van der Waals surface area contributed by atoms with E-state index in [1.807, 2.05) is 14.0 Å². The fraction of sp³-hybridized carbons (Fsp3) is 0.833. The second-order valence-electron chi connectivity index (χ2n) is 4.69. The molecule has 2 rings (SSSR count). The molecule has 0 aliphatic carbocycles. The number of likely N-dealkylation sites (tertiary alicyclic amines) is 1. The van der Waals surface area contributed by atoms with Gasteiger partial charge in [-0.15, -0.1) is 0 Å². The Morgan fingerprint density at radius 2 is 2.41 bits per heavy atom. The summed E-state index contributed by atoms with van der Waals surface area (Å²) in [6.45, 7) is 6.55. The first-order valence-electron chi connectivity index (χ1n) is 6.48. The maximum atomic E-state index is 5.25. The smallest absolute Gasteiger partial charge is 0.243 e. The number of rotatable bonds is 5. The van der Waals surface area contributed by atoms with Crippen LogP contribution in [0.3, 0.4) is 0 Å². The largest absolute Gasteiger partial charge is 0.338 e. The van der Waals surface area contributed by atoms with Crippen molar-refractivity contribution in [2.75, 3.05) is 20.1 Å². The van der Waals surface area contributed by atoms with E-state index in [2.05, 4.69) is 27.3 Å². The van der Waals surface area contributed by atoms with Gasteiger partial charge in [-0.25, -0.2) is 0 Å². The molecular formula is C12H22N4O. The van der Waals surface area contributed by atoms with Crippen molar-refractivity contribution in [3.05, 3.63) is 11.7 Å². The number of likely N-dealkylation sites (N-methyl/N-ethyl adjacent to an activating group) is 1. The molecule has 1 aromatic heterocycles. The predicted molar refractivity (Wildman–Crippen MR) is 65.7 cm³/mol. The standard InChI is InChI=1S/C12H22N4O/c1-4-16-7-5-6-10(16)8-11-14-12(17-15-11)9(2)13-3/h9-10,13H,4-8H2,1-3H3. The lowest BCUT2D eigenvalue weighted by atomic mass is 10.1. The normalized spacial score (nSPS) is 23.1. The average molecular weight is 238 g/mol. The Morgan fingerprint density at radius 3 is 3.12 bits per heavy atom. The van der Waals surface area contributed by atoms with Gasteiger partial charge in [-0.2, -0.15) is 4.98 Å². The molecule has 0 saturated carbocycles. The Balaban J connectivity index is 1.96. The van der Waals surface area contributed by atoms with Crippen molar-refractivity contribution in [1.29, 1.82) is 0 Å². The first kappa shape index (κ1) is 12.5. The SMILES string of the molecule is CCN1CCCC1Cc1noc(C(C)NC)n1. The molecule has 0 amide bonds. The minimum atomic E-state index is 0.127. The fourth-order valence-corrected chi connectivity index (χ4v) is 2.40. The molecule has 0 aromatic carbocycles. The molecular weight excluding hydrogens is 216 g/mol. The van der Waals surface area contributed by atoms with Gasteiger partial charge in [0.25, 0.3) is 0 Å². The molecule has 1 aliphatic rings. The van der Waals surface area contributed by atoms with Crippen molar-refractivity contribution in [3.8, 4) is 0 Å². The molecule has 96 valence electrons. The zero-order valence-electron chi connectivity index (χ0n) is 10.9. The van der Waals surface area contributed by atoms with Crippen molar-refractivity contribution in [2.45, 2.75) is 45.2 Å². The van der Waals surface area contributed by atoms with Crippen molar-refractivity contribution >= 4 is 0 Å². The summed E-state index contributed by atoms with van der Waals surface area (Å²) in [6.07, 6.45) is 3.45. The van der Waals surface area contributed by atoms with Crippen LogP contribution < -0.4 is 5.32 Å². The van der Waals surface area contributed by atoms with Gasteiger partial charge in [0, 0.05) is 12.5 Å². The Hall–Kier alpha value is -0.940. The van der Waals surface area contributed by atoms with Crippen molar-refractivity contribution in [3.63, 3.8) is 0 Å². The summed E-state index contributed by atoms with van der Waals surface area (Å²) in [7, 11) is 1.89. The maximum Gasteiger partial charge on any atom is 0.243 e. The van der Waals surface area contributed by atoms with Gasteiger partial charge >= 0.3 is 0 Å². The molecule has 1 saturated heterocycles. The van der Waals surface area contributed by atoms with Crippen LogP contribution in [0.2, 0.25) is 0 Å². The van der Waals surface area contributed by atoms with Crippen LogP contribution in [0.1, 0.15) is 44.4 Å². The van der Waals surface area contributed by atoms with Gasteiger partial charge in [0.05, 0.1) is 6.04 Å². The molecule has 0 spiro atoms. The van der Waals surface area contributed by atoms with Crippen molar-refractivity contribution < 1.29 is 4.52 Å². The highest BCUT2D eigenvalue weighted by molar-refractivity contribution is 4.95. The van der Waals surface area contributed by atoms with E-state index < -0.39 is 0 Å². The second kappa shape index (κ2) is 5.60. The van der Waals surface area contributed by atoms with Gasteiger partial charge in [-0.1, -0.05) is 12.1 Å². The molecule has 17 heavy (non-hydrogen) atoms. The van der Waals surface area contributed by atoms with Crippen LogP contribution in [0.4, 0.5) is 0 Å². The zero-order valence-corrected chi connectivity index (χ0v) is 10.9. The average Bonchev–Trinajstić information content (AvgIpc) is 2.97. The monoisotopic (exact) mass is 238 g/mol. The van der Waals surface area contributed by atoms with E-state index in [9.17, 15) is 0 Å². The molecule has 2 unspecified atom stereocenters. The number of nitrogens with one attached hydrogen (secondary N) is 1. The summed E-state index contributed by atoms with van der Waals surface area (Å²) >= 11 is 0. The van der Waals surface area contributed by atoms with Crippen LogP contribution in [0.15, 0.2) is 4.52 Å². The molecule has 5 nitrogen and oxygen atoms in total. The highest BCUT2D eigenvalue weighted by atomic mass is 16.5. The number of hydrogen-bond donors (Lipinski definition) is 1. The third-order valence-corrected chi connectivity index (χ3v) is 3.61. The predicted octanol–water partition coefficient (Wildman–Crippen LogP) is 1.38. The second-order valence-corrected chi connectivity index (χ2v) is 4.69. The summed E-state index contributed by atoms with van der Waals surface area (Å²) in [4.78, 5) is 6.94. The maximum absolute atomic E-state index is 5.25. The molecule has 0 radical (unpaired) electrons. The number of hydrogen-bond acceptors (Lipinski definition) is 5. The lowest BCUT2D eigenvalue weighted by molar-refractivity contribution is 0.260. The topological polar surface area (TPSA) is 54.2 Å². The van der Waals surface area contributed by atoms with Crippen LogP contribution in [-0.2, 0) is 6.42 Å². The van der Waals surface area contributed by atoms with Gasteiger partial charge in [0.2, 0.25) is 5.89 Å². The highest BCUT2D eigenvalue weighted by Crippen LogP contribution is 2.20. The number of nitrogens with zero attached hydrogens (tertiary/aromatic N) is 3. The van der Waals surface area contributed by atoms with Crippen LogP contribution in [0.5, 0.6) is 0 Å². The Morgan fingerprint density at radius 1 is 1.59 bits per heavy atom. The Labute approximate surface area is 103 Å². The molecule has 1 N–H and O–H groups in total. The summed E-state index contributed by atoms with van der Waals surface area (Å²) in [5.74, 6) is 1.52. The van der Waals surface area contributed by atoms with E-state index in [1.165, 1.54) is 19.4 Å². The summed E-state index contributed by atoms with van der Waals surface area (Å²) < 4.78 is 5.25. The molecule has 0 bridgehead atoms. The number of aromatic nitrogens is 2. The van der Waals surface area contributed by atoms with Crippen molar-refractivity contribution in [1.82, 2.24) is 20.4 Å². The van der Waals surface area contributed by atoms with Gasteiger partial charge in [0.15, 0.2) is 5.82 Å². The molecule has 1 aromatic rings. The van der Waals surface area contributed by atoms with Gasteiger partial charge in [-0.05, 0) is 39.9 Å². The molecule has 5 heteroatoms. The molecule has 1 fully saturated rings. The lowest BCUT2D eigenvalue weighted by Gasteiger charge is -2.20. The Bertz CT molecular complexity index is 352. The minimum absolute atomic E-state index is 0.127. The lowest BCUT2D eigenvalue weighted by Crippen LogP contribution is -2.31. The highest BCUT2D eigenvalue weighted by Gasteiger charge is 2.25. The first-order valence-corrected chi connectivity index (χ1v) is 6.48. The van der Waals surface area contributed by atoms with E-state index in [-0.39, 0.29) is 6.04 Å². The van der Waals surface area contributed by atoms with E-state index >= 15 is 0 Å². The quantitative estimate of drug-likeness (QED) is 0.840. The van der Waals surface area contributed by atoms with Gasteiger partial charge in [0.1, 0.15) is 0 Å². The van der Waals surface area contributed by atoms with Gasteiger partial charge in [-0.3, -0.25) is 0 Å². The van der Waals surface area contributed by atoms with Gasteiger partial charge < -0.3 is 14.7 Å². The fourth-order valence-electron chi connectivity index (χ4n) is 2.40. The molecule has 1 aliphatic heterocycles. The van der Waals surface area contributed by atoms with Crippen molar-refractivity contribution in [2.24, 2.45) is 0 Å². The van der Waals surface area contributed by atoms with E-state index in [4.69, 9.17) is 4.52 Å². The van der Waals surface area contributed by atoms with E-state index in [1.54, 1.807) is 0 Å². The van der Waals surface area contributed by atoms with E-state index in [0.717, 1.165) is 18.8 Å². The summed E-state index contributed by atoms with van der Waals surface area (Å²) in [6, 6.07) is 0.720. The Kier molecular flexibility index (Phi) is 4.12. The summed E-state index contributed by atoms with van der Waals surface area (Å²) in [5.41, 5.74) is 0. The van der Waals surface area contributed by atoms with Crippen LogP contribution in [0, 0.1) is 0 Å². The van der Waals surface area contributed by atoms with Crippen LogP contribution in [-0.4, -0.2) is 41.2 Å². The third kappa shape index (κ3) is 2.84. The van der Waals surface area contributed by atoms with Crippen LogP contribution in [0.25, 0.3) is 0 Å². The minimum Gasteiger partial charge on any atom is -0.338 e.